The van der Waals surface area contributed by atoms with Gasteiger partial charge < -0.3 is 19.5 Å². The second-order valence-electron chi connectivity index (χ2n) is 4.05. The second kappa shape index (κ2) is 8.01. The average Bonchev–Trinajstić information content (AvgIpc) is 2.65. The van der Waals surface area contributed by atoms with Crippen molar-refractivity contribution in [1.29, 1.82) is 0 Å². The molecule has 96 valence electrons. The van der Waals surface area contributed by atoms with Crippen molar-refractivity contribution in [2.45, 2.75) is 52.0 Å². The summed E-state index contributed by atoms with van der Waals surface area (Å²) in [7, 11) is 0. The van der Waals surface area contributed by atoms with E-state index in [1.54, 1.807) is 0 Å². The van der Waals surface area contributed by atoms with E-state index in [2.05, 4.69) is 12.2 Å². The van der Waals surface area contributed by atoms with Gasteiger partial charge in [0.25, 0.3) is 0 Å². The fourth-order valence-electron chi connectivity index (χ4n) is 1.97. The molecule has 0 aromatic rings. The van der Waals surface area contributed by atoms with Crippen LogP contribution in [0.15, 0.2) is 0 Å². The Kier molecular flexibility index (Phi) is 6.96. The smallest absolute Gasteiger partial charge is 0.158 e. The normalized spacial score (nSPS) is 25.5. The van der Waals surface area contributed by atoms with Crippen LogP contribution in [0.25, 0.3) is 0 Å². The molecule has 0 aromatic heterocycles. The Morgan fingerprint density at radius 3 is 2.50 bits per heavy atom. The molecule has 0 aromatic carbocycles. The van der Waals surface area contributed by atoms with Crippen molar-refractivity contribution < 1.29 is 14.2 Å². The molecule has 4 heteroatoms. The van der Waals surface area contributed by atoms with Gasteiger partial charge in [-0.25, -0.2) is 0 Å². The number of ether oxygens (including phenoxy) is 3. The molecule has 16 heavy (non-hydrogen) atoms. The minimum Gasteiger partial charge on any atom is -0.377 e. The molecule has 4 nitrogen and oxygen atoms in total. The summed E-state index contributed by atoms with van der Waals surface area (Å²) in [5.74, 6) is 0. The van der Waals surface area contributed by atoms with Crippen LogP contribution in [0.3, 0.4) is 0 Å². The topological polar surface area (TPSA) is 39.7 Å². The molecular formula is C12H25NO3. The molecule has 2 unspecified atom stereocenters. The molecular weight excluding hydrogens is 206 g/mol. The fourth-order valence-corrected chi connectivity index (χ4v) is 1.97. The van der Waals surface area contributed by atoms with Crippen molar-refractivity contribution in [2.24, 2.45) is 0 Å². The third kappa shape index (κ3) is 4.78. The first-order valence-electron chi connectivity index (χ1n) is 6.36. The highest BCUT2D eigenvalue weighted by Gasteiger charge is 2.23. The monoisotopic (exact) mass is 231 g/mol. The summed E-state index contributed by atoms with van der Waals surface area (Å²) in [6.45, 7) is 9.30. The Morgan fingerprint density at radius 1 is 1.31 bits per heavy atom. The van der Waals surface area contributed by atoms with Gasteiger partial charge in [0, 0.05) is 38.8 Å². The van der Waals surface area contributed by atoms with Crippen LogP contribution in [0, 0.1) is 0 Å². The molecule has 0 aliphatic carbocycles. The van der Waals surface area contributed by atoms with E-state index in [0.717, 1.165) is 26.0 Å². The van der Waals surface area contributed by atoms with Gasteiger partial charge in [-0.05, 0) is 27.2 Å². The molecule has 0 saturated carbocycles. The van der Waals surface area contributed by atoms with Gasteiger partial charge in [0.05, 0.1) is 6.10 Å². The van der Waals surface area contributed by atoms with E-state index >= 15 is 0 Å². The molecule has 1 fully saturated rings. The van der Waals surface area contributed by atoms with E-state index in [4.69, 9.17) is 14.2 Å². The largest absolute Gasteiger partial charge is 0.377 e. The minimum absolute atomic E-state index is 0.0693. The Morgan fingerprint density at radius 2 is 2.00 bits per heavy atom. The van der Waals surface area contributed by atoms with Crippen molar-refractivity contribution in [1.82, 2.24) is 5.32 Å². The van der Waals surface area contributed by atoms with Gasteiger partial charge in [-0.2, -0.15) is 0 Å². The Bertz CT molecular complexity index is 172. The molecule has 0 radical (unpaired) electrons. The van der Waals surface area contributed by atoms with Crippen LogP contribution in [0.1, 0.15) is 33.6 Å². The predicted molar refractivity (Wildman–Crippen MR) is 63.5 cm³/mol. The van der Waals surface area contributed by atoms with Crippen molar-refractivity contribution in [3.05, 3.63) is 0 Å². The zero-order valence-corrected chi connectivity index (χ0v) is 10.7. The van der Waals surface area contributed by atoms with Crippen molar-refractivity contribution >= 4 is 0 Å². The van der Waals surface area contributed by atoms with E-state index in [0.29, 0.717) is 25.4 Å². The maximum Gasteiger partial charge on any atom is 0.158 e. The van der Waals surface area contributed by atoms with Crippen LogP contribution >= 0.6 is 0 Å². The Balaban J connectivity index is 2.11. The van der Waals surface area contributed by atoms with Crippen LogP contribution in [-0.4, -0.2) is 44.8 Å². The molecule has 0 bridgehead atoms. The molecule has 1 rings (SSSR count). The van der Waals surface area contributed by atoms with E-state index in [1.807, 2.05) is 13.8 Å². The lowest BCUT2D eigenvalue weighted by molar-refractivity contribution is -0.138. The number of rotatable bonds is 8. The van der Waals surface area contributed by atoms with E-state index < -0.39 is 0 Å². The minimum atomic E-state index is -0.0693. The second-order valence-corrected chi connectivity index (χ2v) is 4.05. The number of hydrogen-bond donors (Lipinski definition) is 1. The molecule has 0 spiro atoms. The highest BCUT2D eigenvalue weighted by molar-refractivity contribution is 4.78. The van der Waals surface area contributed by atoms with E-state index in [-0.39, 0.29) is 6.29 Å². The highest BCUT2D eigenvalue weighted by Crippen LogP contribution is 2.12. The molecule has 1 aliphatic heterocycles. The van der Waals surface area contributed by atoms with Gasteiger partial charge in [-0.1, -0.05) is 0 Å². The first-order chi connectivity index (χ1) is 7.77. The van der Waals surface area contributed by atoms with Gasteiger partial charge in [-0.15, -0.1) is 0 Å². The number of nitrogens with one attached hydrogen (secondary N) is 1. The summed E-state index contributed by atoms with van der Waals surface area (Å²) in [5.41, 5.74) is 0. The van der Waals surface area contributed by atoms with Crippen LogP contribution in [0.4, 0.5) is 0 Å². The third-order valence-electron chi connectivity index (χ3n) is 2.87. The lowest BCUT2D eigenvalue weighted by Gasteiger charge is -2.20. The van der Waals surface area contributed by atoms with E-state index in [9.17, 15) is 0 Å². The van der Waals surface area contributed by atoms with E-state index in [1.165, 1.54) is 0 Å². The number of hydrogen-bond acceptors (Lipinski definition) is 4. The maximum atomic E-state index is 5.49. The van der Waals surface area contributed by atoms with Gasteiger partial charge >= 0.3 is 0 Å². The van der Waals surface area contributed by atoms with Gasteiger partial charge in [0.15, 0.2) is 6.29 Å². The summed E-state index contributed by atoms with van der Waals surface area (Å²) < 4.78 is 16.5. The van der Waals surface area contributed by atoms with Crippen LogP contribution in [-0.2, 0) is 14.2 Å². The van der Waals surface area contributed by atoms with Crippen LogP contribution < -0.4 is 5.32 Å². The van der Waals surface area contributed by atoms with Crippen LogP contribution in [0.2, 0.25) is 0 Å². The molecule has 1 aliphatic rings. The van der Waals surface area contributed by atoms with Crippen molar-refractivity contribution in [2.75, 3.05) is 26.4 Å². The lowest BCUT2D eigenvalue weighted by Crippen LogP contribution is -2.37. The summed E-state index contributed by atoms with van der Waals surface area (Å²) in [6.07, 6.45) is 2.26. The highest BCUT2D eigenvalue weighted by atomic mass is 16.7. The fraction of sp³-hybridized carbons (Fsp3) is 1.00. The molecule has 2 atom stereocenters. The quantitative estimate of drug-likeness (QED) is 0.643. The zero-order chi connectivity index (χ0) is 11.8. The predicted octanol–water partition coefficient (Wildman–Crippen LogP) is 1.54. The zero-order valence-electron chi connectivity index (χ0n) is 10.7. The molecule has 0 amide bonds. The SMILES string of the molecule is CCOC(CCNC1CCOC1C)OCC. The lowest BCUT2D eigenvalue weighted by atomic mass is 10.1. The third-order valence-corrected chi connectivity index (χ3v) is 2.87. The van der Waals surface area contributed by atoms with Gasteiger partial charge in [0.1, 0.15) is 0 Å². The summed E-state index contributed by atoms with van der Waals surface area (Å²) in [5, 5.41) is 3.49. The maximum absolute atomic E-state index is 5.49. The Labute approximate surface area is 98.6 Å². The standard InChI is InChI=1S/C12H25NO3/c1-4-14-12(15-5-2)6-8-13-11-7-9-16-10(11)3/h10-13H,4-9H2,1-3H3. The van der Waals surface area contributed by atoms with Gasteiger partial charge in [-0.3, -0.25) is 0 Å². The molecule has 1 heterocycles. The van der Waals surface area contributed by atoms with Crippen molar-refractivity contribution in [3.8, 4) is 0 Å². The summed E-state index contributed by atoms with van der Waals surface area (Å²) in [6, 6.07) is 0.490. The van der Waals surface area contributed by atoms with Gasteiger partial charge in [0.2, 0.25) is 0 Å². The summed E-state index contributed by atoms with van der Waals surface area (Å²) in [4.78, 5) is 0. The Hall–Kier alpha value is -0.160. The molecule has 1 saturated heterocycles. The first kappa shape index (κ1) is 13.9. The van der Waals surface area contributed by atoms with Crippen LogP contribution in [0.5, 0.6) is 0 Å². The molecule has 1 N–H and O–H groups in total. The summed E-state index contributed by atoms with van der Waals surface area (Å²) >= 11 is 0. The van der Waals surface area contributed by atoms with Crippen molar-refractivity contribution in [3.63, 3.8) is 0 Å². The average molecular weight is 231 g/mol. The first-order valence-corrected chi connectivity index (χ1v) is 6.36.